The molecule has 5 heteroatoms. The smallest absolute Gasteiger partial charge is 0.255 e. The van der Waals surface area contributed by atoms with Crippen LogP contribution >= 0.6 is 11.6 Å². The molecule has 100 valence electrons. The summed E-state index contributed by atoms with van der Waals surface area (Å²) in [5.74, 6) is -0.226. The Morgan fingerprint density at radius 1 is 1.30 bits per heavy atom. The van der Waals surface area contributed by atoms with Crippen LogP contribution in [-0.4, -0.2) is 11.0 Å². The average Bonchev–Trinajstić information content (AvgIpc) is 2.44. The molecule has 0 bridgehead atoms. The van der Waals surface area contributed by atoms with Crippen LogP contribution in [-0.2, 0) is 0 Å². The number of halogens is 1. The van der Waals surface area contributed by atoms with Gasteiger partial charge in [-0.05, 0) is 48.9 Å². The number of hydrogen-bond donors (Lipinski definition) is 2. The van der Waals surface area contributed by atoms with E-state index in [0.717, 1.165) is 0 Å². The fourth-order valence-electron chi connectivity index (χ4n) is 1.68. The van der Waals surface area contributed by atoms with Crippen LogP contribution in [0.1, 0.15) is 21.5 Å². The van der Waals surface area contributed by atoms with E-state index in [0.29, 0.717) is 27.4 Å². The third kappa shape index (κ3) is 2.90. The van der Waals surface area contributed by atoms with E-state index < -0.39 is 0 Å². The van der Waals surface area contributed by atoms with Gasteiger partial charge in [-0.3, -0.25) is 4.79 Å². The predicted molar refractivity (Wildman–Crippen MR) is 77.0 cm³/mol. The van der Waals surface area contributed by atoms with Gasteiger partial charge in [0.25, 0.3) is 5.91 Å². The van der Waals surface area contributed by atoms with Gasteiger partial charge in [-0.1, -0.05) is 11.6 Å². The summed E-state index contributed by atoms with van der Waals surface area (Å²) in [6.07, 6.45) is 0. The van der Waals surface area contributed by atoms with E-state index >= 15 is 0 Å². The van der Waals surface area contributed by atoms with Crippen molar-refractivity contribution in [3.63, 3.8) is 0 Å². The Bertz CT molecular complexity index is 720. The second kappa shape index (κ2) is 5.64. The van der Waals surface area contributed by atoms with Crippen molar-refractivity contribution < 1.29 is 9.90 Å². The monoisotopic (exact) mass is 286 g/mol. The third-order valence-corrected chi connectivity index (χ3v) is 3.13. The van der Waals surface area contributed by atoms with Crippen LogP contribution in [0.5, 0.6) is 5.75 Å². The lowest BCUT2D eigenvalue weighted by molar-refractivity contribution is 0.102. The lowest BCUT2D eigenvalue weighted by atomic mass is 10.1. The molecule has 0 aliphatic carbocycles. The number of aryl methyl sites for hydroxylation is 1. The number of aromatic hydroxyl groups is 1. The lowest BCUT2D eigenvalue weighted by Gasteiger charge is -2.08. The molecule has 0 aliphatic heterocycles. The van der Waals surface area contributed by atoms with Crippen LogP contribution < -0.4 is 5.32 Å². The van der Waals surface area contributed by atoms with Crippen LogP contribution in [0.15, 0.2) is 36.4 Å². The highest BCUT2D eigenvalue weighted by molar-refractivity contribution is 6.34. The molecule has 0 aliphatic rings. The normalized spacial score (nSPS) is 9.85. The number of benzene rings is 2. The number of nitriles is 1. The molecule has 0 saturated carbocycles. The molecule has 0 fully saturated rings. The van der Waals surface area contributed by atoms with Crippen LogP contribution in [0.3, 0.4) is 0 Å². The maximum Gasteiger partial charge on any atom is 0.255 e. The van der Waals surface area contributed by atoms with Crippen molar-refractivity contribution in [3.05, 3.63) is 58.1 Å². The minimum Gasteiger partial charge on any atom is -0.508 e. The fraction of sp³-hybridized carbons (Fsp3) is 0.0667. The number of anilines is 1. The fourth-order valence-corrected chi connectivity index (χ4v) is 1.85. The first kappa shape index (κ1) is 13.9. The van der Waals surface area contributed by atoms with Crippen LogP contribution in [0.25, 0.3) is 0 Å². The summed E-state index contributed by atoms with van der Waals surface area (Å²) >= 11 is 5.98. The Hall–Kier alpha value is -2.51. The molecule has 0 unspecified atom stereocenters. The number of carbonyl (C=O) groups excluding carboxylic acids is 1. The highest BCUT2D eigenvalue weighted by Crippen LogP contribution is 2.24. The molecular formula is C15H11ClN2O2. The van der Waals surface area contributed by atoms with Crippen molar-refractivity contribution in [2.24, 2.45) is 0 Å². The average molecular weight is 287 g/mol. The molecule has 2 N–H and O–H groups in total. The minimum absolute atomic E-state index is 0.131. The van der Waals surface area contributed by atoms with Gasteiger partial charge in [-0.25, -0.2) is 0 Å². The summed E-state index contributed by atoms with van der Waals surface area (Å²) in [4.78, 5) is 12.1. The van der Waals surface area contributed by atoms with E-state index in [1.54, 1.807) is 25.1 Å². The lowest BCUT2D eigenvalue weighted by Crippen LogP contribution is -2.12. The van der Waals surface area contributed by atoms with Gasteiger partial charge in [-0.2, -0.15) is 5.26 Å². The molecule has 2 aromatic rings. The summed E-state index contributed by atoms with van der Waals surface area (Å²) in [6.45, 7) is 1.70. The zero-order valence-corrected chi connectivity index (χ0v) is 11.4. The summed E-state index contributed by atoms with van der Waals surface area (Å²) in [5, 5.41) is 21.3. The summed E-state index contributed by atoms with van der Waals surface area (Å²) in [6, 6.07) is 11.2. The van der Waals surface area contributed by atoms with E-state index in [-0.39, 0.29) is 11.7 Å². The number of nitrogens with zero attached hydrogens (tertiary/aromatic N) is 1. The molecule has 0 aromatic heterocycles. The largest absolute Gasteiger partial charge is 0.508 e. The van der Waals surface area contributed by atoms with Crippen LogP contribution in [0, 0.1) is 18.3 Å². The van der Waals surface area contributed by atoms with E-state index in [1.807, 2.05) is 6.07 Å². The molecule has 0 heterocycles. The molecule has 2 rings (SSSR count). The van der Waals surface area contributed by atoms with Crippen LogP contribution in [0.4, 0.5) is 5.69 Å². The van der Waals surface area contributed by atoms with Gasteiger partial charge in [0.05, 0.1) is 22.3 Å². The number of phenolic OH excluding ortho intramolecular Hbond substituents is 1. The number of carbonyl (C=O) groups is 1. The number of amides is 1. The molecule has 4 nitrogen and oxygen atoms in total. The Kier molecular flexibility index (Phi) is 3.92. The van der Waals surface area contributed by atoms with Gasteiger partial charge >= 0.3 is 0 Å². The second-order valence-corrected chi connectivity index (χ2v) is 4.67. The predicted octanol–water partition coefficient (Wildman–Crippen LogP) is 3.48. The van der Waals surface area contributed by atoms with Gasteiger partial charge in [0, 0.05) is 5.56 Å². The summed E-state index contributed by atoms with van der Waals surface area (Å²) < 4.78 is 0. The zero-order chi connectivity index (χ0) is 14.7. The van der Waals surface area contributed by atoms with Gasteiger partial charge in [0.2, 0.25) is 0 Å². The highest BCUT2D eigenvalue weighted by atomic mass is 35.5. The van der Waals surface area contributed by atoms with Gasteiger partial charge in [0.15, 0.2) is 0 Å². The molecule has 0 saturated heterocycles. The molecule has 0 atom stereocenters. The highest BCUT2D eigenvalue weighted by Gasteiger charge is 2.10. The van der Waals surface area contributed by atoms with E-state index in [9.17, 15) is 9.90 Å². The molecule has 2 aromatic carbocycles. The Labute approximate surface area is 121 Å². The molecular weight excluding hydrogens is 276 g/mol. The van der Waals surface area contributed by atoms with Crippen molar-refractivity contribution in [2.75, 3.05) is 5.32 Å². The van der Waals surface area contributed by atoms with Crippen LogP contribution in [0.2, 0.25) is 5.02 Å². The van der Waals surface area contributed by atoms with E-state index in [4.69, 9.17) is 16.9 Å². The maximum atomic E-state index is 12.1. The minimum atomic E-state index is -0.356. The van der Waals surface area contributed by atoms with Crippen molar-refractivity contribution in [1.82, 2.24) is 0 Å². The standard InChI is InChI=1S/C15H11ClN2O2/c1-9-6-11(3-5-14(9)19)15(20)18-13-7-10(8-17)2-4-12(13)16/h2-7,19H,1H3,(H,18,20). The molecule has 0 spiro atoms. The second-order valence-electron chi connectivity index (χ2n) is 4.26. The first-order valence-electron chi connectivity index (χ1n) is 5.82. The van der Waals surface area contributed by atoms with Crippen molar-refractivity contribution in [1.29, 1.82) is 5.26 Å². The Morgan fingerprint density at radius 3 is 2.70 bits per heavy atom. The first-order valence-corrected chi connectivity index (χ1v) is 6.19. The Morgan fingerprint density at radius 2 is 2.05 bits per heavy atom. The zero-order valence-electron chi connectivity index (χ0n) is 10.6. The number of rotatable bonds is 2. The molecule has 1 amide bonds. The van der Waals surface area contributed by atoms with Crippen molar-refractivity contribution >= 4 is 23.2 Å². The SMILES string of the molecule is Cc1cc(C(=O)Nc2cc(C#N)ccc2Cl)ccc1O. The van der Waals surface area contributed by atoms with Gasteiger partial charge in [-0.15, -0.1) is 0 Å². The number of nitrogens with one attached hydrogen (secondary N) is 1. The quantitative estimate of drug-likeness (QED) is 0.887. The molecule has 20 heavy (non-hydrogen) atoms. The number of hydrogen-bond acceptors (Lipinski definition) is 3. The third-order valence-electron chi connectivity index (χ3n) is 2.80. The summed E-state index contributed by atoms with van der Waals surface area (Å²) in [7, 11) is 0. The molecule has 0 radical (unpaired) electrons. The van der Waals surface area contributed by atoms with Gasteiger partial charge in [0.1, 0.15) is 5.75 Å². The topological polar surface area (TPSA) is 73.1 Å². The first-order chi connectivity index (χ1) is 9.51. The van der Waals surface area contributed by atoms with Crippen molar-refractivity contribution in [3.8, 4) is 11.8 Å². The number of phenols is 1. The summed E-state index contributed by atoms with van der Waals surface area (Å²) in [5.41, 5.74) is 1.79. The Balaban J connectivity index is 2.28. The van der Waals surface area contributed by atoms with E-state index in [1.165, 1.54) is 18.2 Å². The van der Waals surface area contributed by atoms with Gasteiger partial charge < -0.3 is 10.4 Å². The van der Waals surface area contributed by atoms with E-state index in [2.05, 4.69) is 5.32 Å². The van der Waals surface area contributed by atoms with Crippen molar-refractivity contribution in [2.45, 2.75) is 6.92 Å². The maximum absolute atomic E-state index is 12.1.